The van der Waals surface area contributed by atoms with Gasteiger partial charge in [-0.2, -0.15) is 0 Å². The fraction of sp³-hybridized carbons (Fsp3) is 0.0833. The van der Waals surface area contributed by atoms with E-state index in [1.807, 2.05) is 48.6 Å². The first kappa shape index (κ1) is 18.3. The molecule has 0 amide bonds. The second-order valence-electron chi connectivity index (χ2n) is 6.56. The largest absolute Gasteiger partial charge is 0.338 e. The quantitative estimate of drug-likeness (QED) is 0.323. The zero-order chi connectivity index (χ0) is 19.5. The molecule has 28 heavy (non-hydrogen) atoms. The van der Waals surface area contributed by atoms with Gasteiger partial charge in [-0.3, -0.25) is 4.79 Å². The van der Waals surface area contributed by atoms with Crippen molar-refractivity contribution >= 4 is 40.7 Å². The van der Waals surface area contributed by atoms with Gasteiger partial charge in [0.15, 0.2) is 5.78 Å². The van der Waals surface area contributed by atoms with Crippen LogP contribution in [-0.2, 0) is 0 Å². The molecule has 0 fully saturated rings. The lowest BCUT2D eigenvalue weighted by Crippen LogP contribution is -1.95. The molecule has 0 atom stereocenters. The first-order valence-corrected chi connectivity index (χ1v) is 10.3. The van der Waals surface area contributed by atoms with Gasteiger partial charge in [-0.05, 0) is 60.2 Å². The summed E-state index contributed by atoms with van der Waals surface area (Å²) in [4.78, 5) is 21.2. The topological polar surface area (TPSA) is 45.8 Å². The van der Waals surface area contributed by atoms with E-state index in [4.69, 9.17) is 0 Å². The molecule has 3 nitrogen and oxygen atoms in total. The molecular formula is C24H20N2OS. The van der Waals surface area contributed by atoms with Crippen LogP contribution in [0.4, 0.5) is 0 Å². The van der Waals surface area contributed by atoms with Gasteiger partial charge in [0.05, 0.1) is 11.0 Å². The highest BCUT2D eigenvalue weighted by Crippen LogP contribution is 2.27. The Balaban J connectivity index is 1.65. The second kappa shape index (κ2) is 7.87. The number of benzene rings is 3. The predicted molar refractivity (Wildman–Crippen MR) is 119 cm³/mol. The normalized spacial score (nSPS) is 11.4. The number of nitrogens with one attached hydrogen (secondary N) is 1. The molecule has 0 saturated carbocycles. The van der Waals surface area contributed by atoms with Crippen LogP contribution in [0.2, 0.25) is 0 Å². The molecule has 0 saturated heterocycles. The number of carbonyl (C=O) groups excluding carboxylic acids is 1. The summed E-state index contributed by atoms with van der Waals surface area (Å²) in [6.45, 7) is 1.60. The maximum absolute atomic E-state index is 11.9. The van der Waals surface area contributed by atoms with Crippen molar-refractivity contribution < 1.29 is 4.79 Å². The van der Waals surface area contributed by atoms with Gasteiger partial charge in [-0.1, -0.05) is 48.5 Å². The number of hydrogen-bond donors (Lipinski definition) is 1. The van der Waals surface area contributed by atoms with Crippen LogP contribution < -0.4 is 0 Å². The number of carbonyl (C=O) groups is 1. The maximum atomic E-state index is 11.9. The highest BCUT2D eigenvalue weighted by Gasteiger charge is 2.10. The number of fused-ring (bicyclic) bond motifs is 1. The zero-order valence-electron chi connectivity index (χ0n) is 15.8. The summed E-state index contributed by atoms with van der Waals surface area (Å²) < 4.78 is 0. The third kappa shape index (κ3) is 3.78. The van der Waals surface area contributed by atoms with E-state index in [0.29, 0.717) is 0 Å². The number of Topliss-reactive ketones (excluding diaryl/α,β-unsaturated/α-hetero) is 1. The van der Waals surface area contributed by atoms with Crippen LogP contribution in [0, 0.1) is 0 Å². The molecule has 1 N–H and O–H groups in total. The second-order valence-corrected chi connectivity index (χ2v) is 7.44. The third-order valence-electron chi connectivity index (χ3n) is 4.67. The highest BCUT2D eigenvalue weighted by molar-refractivity contribution is 7.98. The molecule has 0 aliphatic heterocycles. The van der Waals surface area contributed by atoms with Gasteiger partial charge in [-0.25, -0.2) is 4.98 Å². The number of aromatic nitrogens is 2. The molecule has 0 unspecified atom stereocenters. The Morgan fingerprint density at radius 1 is 1.00 bits per heavy atom. The SMILES string of the molecule is CSc1ccc(/C=C/c2nc3ccc(-c4ccccc4C(C)=O)cc3[nH]2)cc1. The average Bonchev–Trinajstić information content (AvgIpc) is 3.14. The fourth-order valence-corrected chi connectivity index (χ4v) is 3.62. The van der Waals surface area contributed by atoms with Gasteiger partial charge in [0, 0.05) is 10.5 Å². The van der Waals surface area contributed by atoms with Crippen molar-refractivity contribution in [1.82, 2.24) is 9.97 Å². The number of thioether (sulfide) groups is 1. The van der Waals surface area contributed by atoms with Gasteiger partial charge < -0.3 is 4.98 Å². The molecule has 4 heteroatoms. The Morgan fingerprint density at radius 3 is 2.54 bits per heavy atom. The average molecular weight is 385 g/mol. The minimum atomic E-state index is 0.0661. The summed E-state index contributed by atoms with van der Waals surface area (Å²) in [5.74, 6) is 0.873. The lowest BCUT2D eigenvalue weighted by molar-refractivity contribution is 0.101. The molecule has 0 aliphatic rings. The van der Waals surface area contributed by atoms with Crippen molar-refractivity contribution in [3.63, 3.8) is 0 Å². The molecular weight excluding hydrogens is 364 g/mol. The number of aromatic amines is 1. The van der Waals surface area contributed by atoms with Crippen molar-refractivity contribution in [2.75, 3.05) is 6.26 Å². The Kier molecular flexibility index (Phi) is 5.13. The number of nitrogens with zero attached hydrogens (tertiary/aromatic N) is 1. The van der Waals surface area contributed by atoms with E-state index in [2.05, 4.69) is 46.6 Å². The Labute approximate surface area is 168 Å². The minimum Gasteiger partial charge on any atom is -0.338 e. The number of H-pyrrole nitrogens is 1. The summed E-state index contributed by atoms with van der Waals surface area (Å²) >= 11 is 1.73. The zero-order valence-corrected chi connectivity index (χ0v) is 16.6. The van der Waals surface area contributed by atoms with Crippen LogP contribution in [-0.4, -0.2) is 22.0 Å². The van der Waals surface area contributed by atoms with Gasteiger partial charge in [0.25, 0.3) is 0 Å². The molecule has 0 radical (unpaired) electrons. The van der Waals surface area contributed by atoms with Crippen LogP contribution in [0.1, 0.15) is 28.7 Å². The van der Waals surface area contributed by atoms with E-state index in [0.717, 1.165) is 39.1 Å². The molecule has 1 aromatic heterocycles. The van der Waals surface area contributed by atoms with Crippen molar-refractivity contribution in [1.29, 1.82) is 0 Å². The summed E-state index contributed by atoms with van der Waals surface area (Å²) in [5, 5.41) is 0. The molecule has 0 spiro atoms. The van der Waals surface area contributed by atoms with E-state index >= 15 is 0 Å². The maximum Gasteiger partial charge on any atom is 0.160 e. The van der Waals surface area contributed by atoms with E-state index in [9.17, 15) is 4.79 Å². The first-order valence-electron chi connectivity index (χ1n) is 9.06. The molecule has 138 valence electrons. The predicted octanol–water partition coefficient (Wildman–Crippen LogP) is 6.32. The third-order valence-corrected chi connectivity index (χ3v) is 5.41. The summed E-state index contributed by atoms with van der Waals surface area (Å²) in [5.41, 5.74) is 5.67. The van der Waals surface area contributed by atoms with Crippen molar-refractivity contribution in [2.45, 2.75) is 11.8 Å². The Morgan fingerprint density at radius 2 is 1.79 bits per heavy atom. The first-order chi connectivity index (χ1) is 13.6. The van der Waals surface area contributed by atoms with Crippen molar-refractivity contribution in [2.24, 2.45) is 0 Å². The van der Waals surface area contributed by atoms with Crippen molar-refractivity contribution in [3.05, 3.63) is 83.7 Å². The molecule has 4 aromatic rings. The van der Waals surface area contributed by atoms with E-state index in [-0.39, 0.29) is 5.78 Å². The molecule has 4 rings (SSSR count). The summed E-state index contributed by atoms with van der Waals surface area (Å²) in [6.07, 6.45) is 6.10. The standard InChI is InChI=1S/C24H20N2OS/c1-16(27)20-5-3-4-6-21(20)18-10-13-22-23(15-18)26-24(25-22)14-9-17-7-11-19(28-2)12-8-17/h3-15H,1-2H3,(H,25,26)/b14-9+. The van der Waals surface area contributed by atoms with Crippen molar-refractivity contribution in [3.8, 4) is 11.1 Å². The van der Waals surface area contributed by atoms with Crippen LogP contribution in [0.5, 0.6) is 0 Å². The van der Waals surface area contributed by atoms with Crippen LogP contribution in [0.3, 0.4) is 0 Å². The Hall–Kier alpha value is -3.11. The van der Waals surface area contributed by atoms with E-state index < -0.39 is 0 Å². The van der Waals surface area contributed by atoms with Gasteiger partial charge in [0.2, 0.25) is 0 Å². The number of hydrogen-bond acceptors (Lipinski definition) is 3. The lowest BCUT2D eigenvalue weighted by atomic mass is 9.97. The number of imidazole rings is 1. The minimum absolute atomic E-state index is 0.0661. The molecule has 1 heterocycles. The number of rotatable bonds is 5. The summed E-state index contributed by atoms with van der Waals surface area (Å²) in [6, 6.07) is 22.2. The monoisotopic (exact) mass is 384 g/mol. The Bertz CT molecular complexity index is 1170. The van der Waals surface area contributed by atoms with Gasteiger partial charge in [0.1, 0.15) is 5.82 Å². The fourth-order valence-electron chi connectivity index (χ4n) is 3.21. The van der Waals surface area contributed by atoms with E-state index in [1.165, 1.54) is 4.90 Å². The van der Waals surface area contributed by atoms with Crippen LogP contribution in [0.15, 0.2) is 71.6 Å². The molecule has 0 bridgehead atoms. The van der Waals surface area contributed by atoms with Crippen LogP contribution in [0.25, 0.3) is 34.3 Å². The molecule has 0 aliphatic carbocycles. The summed E-state index contributed by atoms with van der Waals surface area (Å²) in [7, 11) is 0. The molecule has 3 aromatic carbocycles. The highest BCUT2D eigenvalue weighted by atomic mass is 32.2. The smallest absolute Gasteiger partial charge is 0.160 e. The van der Waals surface area contributed by atoms with E-state index in [1.54, 1.807) is 18.7 Å². The van der Waals surface area contributed by atoms with Gasteiger partial charge >= 0.3 is 0 Å². The van der Waals surface area contributed by atoms with Crippen LogP contribution >= 0.6 is 11.8 Å². The number of ketones is 1. The van der Waals surface area contributed by atoms with Gasteiger partial charge in [-0.15, -0.1) is 11.8 Å². The lowest BCUT2D eigenvalue weighted by Gasteiger charge is -2.06.